The third-order valence-corrected chi connectivity index (χ3v) is 8.02. The Hall–Kier alpha value is -2.92. The molecular formula is C29H34N2O2S. The third kappa shape index (κ3) is 5.10. The predicted octanol–water partition coefficient (Wildman–Crippen LogP) is 7.33. The molecule has 0 bridgehead atoms. The van der Waals surface area contributed by atoms with Crippen LogP contribution in [0.1, 0.15) is 75.0 Å². The van der Waals surface area contributed by atoms with Gasteiger partial charge in [0, 0.05) is 16.1 Å². The van der Waals surface area contributed by atoms with Gasteiger partial charge in [-0.05, 0) is 80.7 Å². The number of aryl methyl sites for hydroxylation is 3. The number of nitrogens with one attached hydrogen (secondary N) is 2. The maximum absolute atomic E-state index is 13.6. The monoisotopic (exact) mass is 474 g/mol. The molecule has 3 aromatic rings. The van der Waals surface area contributed by atoms with Crippen molar-refractivity contribution >= 4 is 33.8 Å². The first-order chi connectivity index (χ1) is 16.0. The fourth-order valence-electron chi connectivity index (χ4n) is 4.75. The van der Waals surface area contributed by atoms with E-state index >= 15 is 0 Å². The number of carbonyl (C=O) groups is 2. The second-order valence-electron chi connectivity index (χ2n) is 10.6. The predicted molar refractivity (Wildman–Crippen MR) is 142 cm³/mol. The van der Waals surface area contributed by atoms with E-state index in [9.17, 15) is 9.59 Å². The lowest BCUT2D eigenvalue weighted by atomic mass is 9.72. The Bertz CT molecular complexity index is 1250. The first-order valence-electron chi connectivity index (χ1n) is 11.9. The van der Waals surface area contributed by atoms with Gasteiger partial charge in [0.1, 0.15) is 5.00 Å². The number of hydrogen-bond acceptors (Lipinski definition) is 3. The Labute approximate surface area is 206 Å². The molecule has 0 fully saturated rings. The van der Waals surface area contributed by atoms with Crippen molar-refractivity contribution in [2.45, 2.75) is 60.8 Å². The molecule has 4 rings (SSSR count). The van der Waals surface area contributed by atoms with Crippen molar-refractivity contribution in [1.82, 2.24) is 0 Å². The first-order valence-corrected chi connectivity index (χ1v) is 12.8. The summed E-state index contributed by atoms with van der Waals surface area (Å²) in [6.45, 7) is 12.9. The summed E-state index contributed by atoms with van der Waals surface area (Å²) in [6, 6.07) is 13.5. The van der Waals surface area contributed by atoms with Crippen LogP contribution in [0.4, 0.5) is 10.7 Å². The molecule has 2 amide bonds. The lowest BCUT2D eigenvalue weighted by Crippen LogP contribution is -2.27. The Balaban J connectivity index is 1.70. The largest absolute Gasteiger partial charge is 0.322 e. The van der Waals surface area contributed by atoms with Crippen LogP contribution in [0.2, 0.25) is 0 Å². The zero-order valence-electron chi connectivity index (χ0n) is 21.0. The zero-order chi connectivity index (χ0) is 24.6. The lowest BCUT2D eigenvalue weighted by molar-refractivity contribution is 0.102. The van der Waals surface area contributed by atoms with Gasteiger partial charge in [-0.2, -0.15) is 0 Å². The van der Waals surface area contributed by atoms with Gasteiger partial charge in [0.15, 0.2) is 0 Å². The molecule has 0 saturated carbocycles. The molecule has 0 aliphatic heterocycles. The summed E-state index contributed by atoms with van der Waals surface area (Å²) in [4.78, 5) is 27.9. The van der Waals surface area contributed by atoms with Crippen LogP contribution in [0.3, 0.4) is 0 Å². The molecule has 4 nitrogen and oxygen atoms in total. The molecule has 2 N–H and O–H groups in total. The number of rotatable bonds is 4. The van der Waals surface area contributed by atoms with Gasteiger partial charge in [-0.3, -0.25) is 9.59 Å². The van der Waals surface area contributed by atoms with Crippen molar-refractivity contribution in [3.63, 3.8) is 0 Å². The van der Waals surface area contributed by atoms with Crippen LogP contribution >= 0.6 is 11.3 Å². The molecule has 1 unspecified atom stereocenters. The highest BCUT2D eigenvalue weighted by Crippen LogP contribution is 2.44. The van der Waals surface area contributed by atoms with Crippen LogP contribution in [0, 0.1) is 32.1 Å². The van der Waals surface area contributed by atoms with E-state index in [-0.39, 0.29) is 17.2 Å². The van der Waals surface area contributed by atoms with E-state index in [1.165, 1.54) is 4.88 Å². The fraction of sp³-hybridized carbons (Fsp3) is 0.379. The van der Waals surface area contributed by atoms with Gasteiger partial charge >= 0.3 is 0 Å². The maximum Gasteiger partial charge on any atom is 0.258 e. The van der Waals surface area contributed by atoms with Crippen LogP contribution in [0.15, 0.2) is 42.5 Å². The van der Waals surface area contributed by atoms with E-state index in [0.29, 0.717) is 22.0 Å². The number of amides is 2. The van der Waals surface area contributed by atoms with Gasteiger partial charge in [0.05, 0.1) is 5.56 Å². The molecule has 1 aromatic heterocycles. The minimum Gasteiger partial charge on any atom is -0.322 e. The van der Waals surface area contributed by atoms with Crippen LogP contribution in [0.25, 0.3) is 0 Å². The minimum atomic E-state index is -0.185. The molecule has 1 aliphatic carbocycles. The number of carbonyl (C=O) groups excluding carboxylic acids is 2. The Morgan fingerprint density at radius 3 is 2.35 bits per heavy atom. The molecule has 5 heteroatoms. The summed E-state index contributed by atoms with van der Waals surface area (Å²) in [7, 11) is 0. The Morgan fingerprint density at radius 2 is 1.68 bits per heavy atom. The molecule has 0 saturated heterocycles. The highest BCUT2D eigenvalue weighted by atomic mass is 32.1. The van der Waals surface area contributed by atoms with Gasteiger partial charge in [-0.25, -0.2) is 0 Å². The van der Waals surface area contributed by atoms with E-state index in [1.54, 1.807) is 17.4 Å². The Morgan fingerprint density at radius 1 is 0.941 bits per heavy atom. The summed E-state index contributed by atoms with van der Waals surface area (Å²) in [6.07, 6.45) is 2.83. The van der Waals surface area contributed by atoms with Crippen molar-refractivity contribution in [1.29, 1.82) is 0 Å². The maximum atomic E-state index is 13.6. The molecule has 1 heterocycles. The second kappa shape index (κ2) is 9.38. The SMILES string of the molecule is Cc1cccc(C(=O)Nc2sc3c(c2C(=O)Nc2ccc(C)cc2C)CCC(C(C)(C)C)C3)c1. The second-order valence-corrected chi connectivity index (χ2v) is 11.7. The normalized spacial score (nSPS) is 15.5. The molecule has 178 valence electrons. The number of benzene rings is 2. The van der Waals surface area contributed by atoms with E-state index in [1.807, 2.05) is 51.1 Å². The summed E-state index contributed by atoms with van der Waals surface area (Å²) >= 11 is 1.56. The van der Waals surface area contributed by atoms with Crippen molar-refractivity contribution in [2.24, 2.45) is 11.3 Å². The number of hydrogen-bond donors (Lipinski definition) is 2. The fourth-order valence-corrected chi connectivity index (χ4v) is 6.07. The van der Waals surface area contributed by atoms with E-state index in [0.717, 1.165) is 47.2 Å². The van der Waals surface area contributed by atoms with Crippen molar-refractivity contribution in [2.75, 3.05) is 10.6 Å². The van der Waals surface area contributed by atoms with Gasteiger partial charge in [-0.1, -0.05) is 56.2 Å². The lowest BCUT2D eigenvalue weighted by Gasteiger charge is -2.33. The Kier molecular flexibility index (Phi) is 6.68. The highest BCUT2D eigenvalue weighted by Gasteiger charge is 2.34. The van der Waals surface area contributed by atoms with Gasteiger partial charge in [0.2, 0.25) is 0 Å². The van der Waals surface area contributed by atoms with E-state index in [2.05, 4.69) is 37.5 Å². The van der Waals surface area contributed by atoms with Crippen LogP contribution in [-0.4, -0.2) is 11.8 Å². The van der Waals surface area contributed by atoms with Gasteiger partial charge < -0.3 is 10.6 Å². The summed E-state index contributed by atoms with van der Waals surface area (Å²) in [5.41, 5.74) is 6.51. The topological polar surface area (TPSA) is 58.2 Å². The standard InChI is InChI=1S/C29H34N2O2S/c1-17-8-7-9-20(15-17)26(32)31-28-25(27(33)30-23-13-10-18(2)14-19(23)3)22-12-11-21(29(4,5)6)16-24(22)34-28/h7-10,13-15,21H,11-12,16H2,1-6H3,(H,30,33)(H,31,32). The number of fused-ring (bicyclic) bond motifs is 1. The zero-order valence-corrected chi connectivity index (χ0v) is 21.8. The summed E-state index contributed by atoms with van der Waals surface area (Å²) in [5, 5.41) is 6.83. The molecule has 1 atom stereocenters. The highest BCUT2D eigenvalue weighted by molar-refractivity contribution is 7.17. The van der Waals surface area contributed by atoms with E-state index in [4.69, 9.17) is 0 Å². The van der Waals surface area contributed by atoms with Gasteiger partial charge in [-0.15, -0.1) is 11.3 Å². The average molecular weight is 475 g/mol. The smallest absolute Gasteiger partial charge is 0.258 e. The van der Waals surface area contributed by atoms with Crippen LogP contribution < -0.4 is 10.6 Å². The number of thiophene rings is 1. The van der Waals surface area contributed by atoms with Crippen molar-refractivity contribution in [3.05, 3.63) is 80.7 Å². The third-order valence-electron chi connectivity index (χ3n) is 6.85. The first kappa shape index (κ1) is 24.2. The molecule has 2 aromatic carbocycles. The molecule has 0 spiro atoms. The molecular weight excluding hydrogens is 440 g/mol. The van der Waals surface area contributed by atoms with Crippen molar-refractivity contribution in [3.8, 4) is 0 Å². The minimum absolute atomic E-state index is 0.154. The summed E-state index contributed by atoms with van der Waals surface area (Å²) in [5.74, 6) is 0.211. The van der Waals surface area contributed by atoms with E-state index < -0.39 is 0 Å². The quantitative estimate of drug-likeness (QED) is 0.416. The van der Waals surface area contributed by atoms with Crippen LogP contribution in [-0.2, 0) is 12.8 Å². The van der Waals surface area contributed by atoms with Crippen molar-refractivity contribution < 1.29 is 9.59 Å². The average Bonchev–Trinajstić information content (AvgIpc) is 3.12. The van der Waals surface area contributed by atoms with Crippen LogP contribution in [0.5, 0.6) is 0 Å². The molecule has 34 heavy (non-hydrogen) atoms. The number of anilines is 2. The summed E-state index contributed by atoms with van der Waals surface area (Å²) < 4.78 is 0. The molecule has 1 aliphatic rings. The molecule has 0 radical (unpaired) electrons. The van der Waals surface area contributed by atoms with Gasteiger partial charge in [0.25, 0.3) is 11.8 Å².